The van der Waals surface area contributed by atoms with Gasteiger partial charge in [0.1, 0.15) is 0 Å². The van der Waals surface area contributed by atoms with E-state index < -0.39 is 11.8 Å². The molecule has 0 saturated heterocycles. The SMILES string of the molecule is O=C(Nc1ccc(Cl)cc1Cl)C(=O)N(Cc1ccccc1)c1ccccc1. The van der Waals surface area contributed by atoms with Gasteiger partial charge >= 0.3 is 11.8 Å². The van der Waals surface area contributed by atoms with E-state index in [-0.39, 0.29) is 11.6 Å². The molecule has 0 unspecified atom stereocenters. The van der Waals surface area contributed by atoms with Crippen LogP contribution in [0.2, 0.25) is 10.0 Å². The zero-order chi connectivity index (χ0) is 19.2. The van der Waals surface area contributed by atoms with Crippen molar-refractivity contribution in [1.29, 1.82) is 0 Å². The Labute approximate surface area is 167 Å². The molecule has 0 aliphatic carbocycles. The molecule has 0 bridgehead atoms. The van der Waals surface area contributed by atoms with Crippen molar-refractivity contribution in [3.8, 4) is 0 Å². The fraction of sp³-hybridized carbons (Fsp3) is 0.0476. The van der Waals surface area contributed by atoms with Crippen molar-refractivity contribution in [2.75, 3.05) is 10.2 Å². The van der Waals surface area contributed by atoms with Crippen molar-refractivity contribution < 1.29 is 9.59 Å². The first kappa shape index (κ1) is 19.0. The molecule has 0 spiro atoms. The van der Waals surface area contributed by atoms with Crippen molar-refractivity contribution >= 4 is 46.4 Å². The Kier molecular flexibility index (Phi) is 6.12. The molecule has 136 valence electrons. The summed E-state index contributed by atoms with van der Waals surface area (Å²) in [6.07, 6.45) is 0. The minimum absolute atomic E-state index is 0.262. The van der Waals surface area contributed by atoms with Crippen LogP contribution in [-0.2, 0) is 16.1 Å². The highest BCUT2D eigenvalue weighted by molar-refractivity contribution is 6.45. The molecule has 0 aliphatic heterocycles. The van der Waals surface area contributed by atoms with Crippen molar-refractivity contribution in [3.05, 3.63) is 94.5 Å². The molecule has 27 heavy (non-hydrogen) atoms. The van der Waals surface area contributed by atoms with Crippen molar-refractivity contribution in [3.63, 3.8) is 0 Å². The van der Waals surface area contributed by atoms with E-state index in [0.29, 0.717) is 16.4 Å². The van der Waals surface area contributed by atoms with Gasteiger partial charge in [0, 0.05) is 10.7 Å². The fourth-order valence-corrected chi connectivity index (χ4v) is 3.00. The van der Waals surface area contributed by atoms with Crippen LogP contribution in [0.25, 0.3) is 0 Å². The van der Waals surface area contributed by atoms with Crippen LogP contribution >= 0.6 is 23.2 Å². The number of carbonyl (C=O) groups is 2. The predicted molar refractivity (Wildman–Crippen MR) is 109 cm³/mol. The molecule has 1 N–H and O–H groups in total. The van der Waals surface area contributed by atoms with Crippen molar-refractivity contribution in [1.82, 2.24) is 0 Å². The number of carbonyl (C=O) groups excluding carboxylic acids is 2. The van der Waals surface area contributed by atoms with E-state index in [2.05, 4.69) is 5.32 Å². The average Bonchev–Trinajstić information content (AvgIpc) is 2.69. The quantitative estimate of drug-likeness (QED) is 0.616. The molecular weight excluding hydrogens is 383 g/mol. The highest BCUT2D eigenvalue weighted by Crippen LogP contribution is 2.26. The summed E-state index contributed by atoms with van der Waals surface area (Å²) < 4.78 is 0. The van der Waals surface area contributed by atoms with E-state index in [9.17, 15) is 9.59 Å². The summed E-state index contributed by atoms with van der Waals surface area (Å²) in [5.74, 6) is -1.46. The molecule has 0 fully saturated rings. The van der Waals surface area contributed by atoms with E-state index >= 15 is 0 Å². The Morgan fingerprint density at radius 3 is 2.11 bits per heavy atom. The Hall–Kier alpha value is -2.82. The van der Waals surface area contributed by atoms with E-state index in [4.69, 9.17) is 23.2 Å². The first-order chi connectivity index (χ1) is 13.0. The largest absolute Gasteiger partial charge is 0.316 e. The monoisotopic (exact) mass is 398 g/mol. The molecule has 0 aliphatic rings. The molecule has 0 saturated carbocycles. The molecule has 0 aromatic heterocycles. The van der Waals surface area contributed by atoms with Gasteiger partial charge in [-0.25, -0.2) is 0 Å². The van der Waals surface area contributed by atoms with Crippen LogP contribution in [0.3, 0.4) is 0 Å². The topological polar surface area (TPSA) is 49.4 Å². The minimum Gasteiger partial charge on any atom is -0.316 e. The lowest BCUT2D eigenvalue weighted by Crippen LogP contribution is -2.39. The van der Waals surface area contributed by atoms with E-state index in [1.54, 1.807) is 24.3 Å². The molecule has 2 amide bonds. The minimum atomic E-state index is -0.779. The lowest BCUT2D eigenvalue weighted by Gasteiger charge is -2.22. The van der Waals surface area contributed by atoms with Gasteiger partial charge in [-0.2, -0.15) is 0 Å². The lowest BCUT2D eigenvalue weighted by molar-refractivity contribution is -0.134. The second kappa shape index (κ2) is 8.71. The summed E-state index contributed by atoms with van der Waals surface area (Å²) in [7, 11) is 0. The molecular formula is C21H16Cl2N2O2. The number of amides is 2. The Balaban J connectivity index is 1.84. The highest BCUT2D eigenvalue weighted by Gasteiger charge is 2.24. The van der Waals surface area contributed by atoms with Gasteiger partial charge in [-0.15, -0.1) is 0 Å². The van der Waals surface area contributed by atoms with Crippen LogP contribution < -0.4 is 10.2 Å². The highest BCUT2D eigenvalue weighted by atomic mass is 35.5. The zero-order valence-corrected chi connectivity index (χ0v) is 15.7. The number of nitrogens with one attached hydrogen (secondary N) is 1. The van der Waals surface area contributed by atoms with E-state index in [0.717, 1.165) is 5.56 Å². The number of nitrogens with zero attached hydrogens (tertiary/aromatic N) is 1. The smallest absolute Gasteiger partial charge is 0.316 e. The van der Waals surface area contributed by atoms with Gasteiger partial charge < -0.3 is 5.32 Å². The van der Waals surface area contributed by atoms with Crippen molar-refractivity contribution in [2.45, 2.75) is 6.54 Å². The first-order valence-corrected chi connectivity index (χ1v) is 8.97. The summed E-state index contributed by atoms with van der Waals surface area (Å²) in [6, 6.07) is 23.2. The normalized spacial score (nSPS) is 10.3. The maximum atomic E-state index is 12.9. The van der Waals surface area contributed by atoms with E-state index in [1.807, 2.05) is 48.5 Å². The van der Waals surface area contributed by atoms with Gasteiger partial charge in [-0.1, -0.05) is 71.7 Å². The number of halogens is 2. The average molecular weight is 399 g/mol. The third-order valence-corrected chi connectivity index (χ3v) is 4.42. The van der Waals surface area contributed by atoms with Gasteiger partial charge in [0.2, 0.25) is 0 Å². The number of para-hydroxylation sites is 1. The third kappa shape index (κ3) is 4.88. The number of rotatable bonds is 4. The maximum Gasteiger partial charge on any atom is 0.316 e. The second-order valence-corrected chi connectivity index (χ2v) is 6.63. The Morgan fingerprint density at radius 2 is 1.48 bits per heavy atom. The van der Waals surface area contributed by atoms with Crippen molar-refractivity contribution in [2.24, 2.45) is 0 Å². The summed E-state index contributed by atoms with van der Waals surface area (Å²) >= 11 is 11.9. The summed E-state index contributed by atoms with van der Waals surface area (Å²) in [4.78, 5) is 26.9. The Bertz CT molecular complexity index is 947. The van der Waals surface area contributed by atoms with Crippen LogP contribution in [0.1, 0.15) is 5.56 Å². The lowest BCUT2D eigenvalue weighted by atomic mass is 10.2. The Morgan fingerprint density at radius 1 is 0.852 bits per heavy atom. The maximum absolute atomic E-state index is 12.9. The molecule has 4 nitrogen and oxygen atoms in total. The molecule has 3 aromatic carbocycles. The van der Waals surface area contributed by atoms with Crippen LogP contribution in [0.5, 0.6) is 0 Å². The molecule has 0 heterocycles. The fourth-order valence-electron chi connectivity index (χ4n) is 2.54. The van der Waals surface area contributed by atoms with Gasteiger partial charge in [0.05, 0.1) is 17.3 Å². The number of hydrogen-bond acceptors (Lipinski definition) is 2. The van der Waals surface area contributed by atoms with Gasteiger partial charge in [0.25, 0.3) is 0 Å². The summed E-state index contributed by atoms with van der Waals surface area (Å²) in [5.41, 5.74) is 1.86. The summed E-state index contributed by atoms with van der Waals surface area (Å²) in [6.45, 7) is 0.269. The number of hydrogen-bond donors (Lipinski definition) is 1. The molecule has 0 radical (unpaired) electrons. The van der Waals surface area contributed by atoms with Gasteiger partial charge in [0.15, 0.2) is 0 Å². The molecule has 0 atom stereocenters. The summed E-state index contributed by atoms with van der Waals surface area (Å²) in [5, 5.41) is 3.26. The number of benzene rings is 3. The molecule has 3 rings (SSSR count). The van der Waals surface area contributed by atoms with Gasteiger partial charge in [-0.05, 0) is 35.9 Å². The van der Waals surface area contributed by atoms with Crippen LogP contribution in [0, 0.1) is 0 Å². The van der Waals surface area contributed by atoms with E-state index in [1.165, 1.54) is 11.0 Å². The second-order valence-electron chi connectivity index (χ2n) is 5.79. The standard InChI is InChI=1S/C21H16Cl2N2O2/c22-16-11-12-19(18(23)13-16)24-20(26)21(27)25(17-9-5-2-6-10-17)14-15-7-3-1-4-8-15/h1-13H,14H2,(H,24,26). The first-order valence-electron chi connectivity index (χ1n) is 8.21. The van der Waals surface area contributed by atoms with Crippen LogP contribution in [0.4, 0.5) is 11.4 Å². The molecule has 6 heteroatoms. The van der Waals surface area contributed by atoms with Crippen LogP contribution in [-0.4, -0.2) is 11.8 Å². The third-order valence-electron chi connectivity index (χ3n) is 3.87. The van der Waals surface area contributed by atoms with Gasteiger partial charge in [-0.3, -0.25) is 14.5 Å². The van der Waals surface area contributed by atoms with Crippen LogP contribution in [0.15, 0.2) is 78.9 Å². The molecule has 3 aromatic rings. The number of anilines is 2. The zero-order valence-electron chi connectivity index (χ0n) is 14.2. The predicted octanol–water partition coefficient (Wildman–Crippen LogP) is 5.17.